The van der Waals surface area contributed by atoms with Gasteiger partial charge in [0.1, 0.15) is 0 Å². The Morgan fingerprint density at radius 1 is 0.786 bits per heavy atom. The van der Waals surface area contributed by atoms with Crippen molar-refractivity contribution in [1.82, 2.24) is 0 Å². The Kier molecular flexibility index (Phi) is 7.08. The van der Waals surface area contributed by atoms with Gasteiger partial charge in [0.05, 0.1) is 28.4 Å². The van der Waals surface area contributed by atoms with Crippen LogP contribution in [0.3, 0.4) is 0 Å². The van der Waals surface area contributed by atoms with Crippen molar-refractivity contribution in [2.45, 2.75) is 6.92 Å². The minimum atomic E-state index is -0.540. The van der Waals surface area contributed by atoms with Gasteiger partial charge < -0.3 is 28.4 Å². The Morgan fingerprint density at radius 3 is 1.71 bits per heavy atom. The van der Waals surface area contributed by atoms with Gasteiger partial charge >= 0.3 is 5.97 Å². The van der Waals surface area contributed by atoms with Crippen LogP contribution in [0.15, 0.2) is 30.3 Å². The highest BCUT2D eigenvalue weighted by Gasteiger charge is 2.20. The fraction of sp³-hybridized carbons (Fsp3) is 0.300. The van der Waals surface area contributed by atoms with E-state index in [0.29, 0.717) is 17.2 Å². The molecule has 2 rings (SSSR count). The van der Waals surface area contributed by atoms with Gasteiger partial charge in [-0.25, -0.2) is 0 Å². The van der Waals surface area contributed by atoms with Crippen LogP contribution in [0.1, 0.15) is 17.3 Å². The molecule has 0 heterocycles. The van der Waals surface area contributed by atoms with Crippen LogP contribution < -0.4 is 28.4 Å². The van der Waals surface area contributed by atoms with Gasteiger partial charge in [-0.1, -0.05) is 6.07 Å². The average Bonchev–Trinajstić information content (AvgIpc) is 2.71. The molecule has 8 heteroatoms. The van der Waals surface area contributed by atoms with Crippen LogP contribution in [0.2, 0.25) is 0 Å². The predicted molar refractivity (Wildman–Crippen MR) is 100 cm³/mol. The Hall–Kier alpha value is -3.42. The maximum atomic E-state index is 12.7. The van der Waals surface area contributed by atoms with Crippen molar-refractivity contribution in [2.24, 2.45) is 0 Å². The number of ether oxygens (including phenoxy) is 6. The van der Waals surface area contributed by atoms with Gasteiger partial charge in [0.25, 0.3) is 0 Å². The number of rotatable bonds is 9. The number of carbonyl (C=O) groups is 2. The molecule has 0 N–H and O–H groups in total. The van der Waals surface area contributed by atoms with Crippen LogP contribution >= 0.6 is 0 Å². The molecule has 0 saturated heterocycles. The highest BCUT2D eigenvalue weighted by Crippen LogP contribution is 2.39. The van der Waals surface area contributed by atoms with Crippen molar-refractivity contribution in [2.75, 3.05) is 35.0 Å². The number of carbonyl (C=O) groups excluding carboxylic acids is 2. The minimum Gasteiger partial charge on any atom is -0.493 e. The third-order valence-electron chi connectivity index (χ3n) is 3.76. The summed E-state index contributed by atoms with van der Waals surface area (Å²) in [7, 11) is 5.78. The lowest BCUT2D eigenvalue weighted by molar-refractivity contribution is -0.132. The van der Waals surface area contributed by atoms with Crippen molar-refractivity contribution < 1.29 is 38.0 Å². The summed E-state index contributed by atoms with van der Waals surface area (Å²) in [6.07, 6.45) is 0. The summed E-state index contributed by atoms with van der Waals surface area (Å²) in [4.78, 5) is 24.0. The van der Waals surface area contributed by atoms with E-state index in [2.05, 4.69) is 0 Å². The van der Waals surface area contributed by atoms with E-state index in [4.69, 9.17) is 28.4 Å². The lowest BCUT2D eigenvalue weighted by Crippen LogP contribution is -2.13. The summed E-state index contributed by atoms with van der Waals surface area (Å²) in [6, 6.07) is 8.04. The zero-order valence-corrected chi connectivity index (χ0v) is 16.4. The lowest BCUT2D eigenvalue weighted by Gasteiger charge is -2.15. The van der Waals surface area contributed by atoms with Crippen molar-refractivity contribution in [1.29, 1.82) is 0 Å². The van der Waals surface area contributed by atoms with Gasteiger partial charge in [-0.2, -0.15) is 0 Å². The summed E-state index contributed by atoms with van der Waals surface area (Å²) >= 11 is 0. The van der Waals surface area contributed by atoms with Crippen LogP contribution in [0.4, 0.5) is 0 Å². The molecule has 0 unspecified atom stereocenters. The number of benzene rings is 2. The maximum absolute atomic E-state index is 12.7. The molecule has 0 aliphatic rings. The first-order valence-corrected chi connectivity index (χ1v) is 8.26. The molecule has 28 heavy (non-hydrogen) atoms. The van der Waals surface area contributed by atoms with Gasteiger partial charge in [-0.05, 0) is 24.3 Å². The highest BCUT2D eigenvalue weighted by molar-refractivity contribution is 5.98. The molecular weight excluding hydrogens is 368 g/mol. The monoisotopic (exact) mass is 390 g/mol. The zero-order chi connectivity index (χ0) is 20.7. The fourth-order valence-corrected chi connectivity index (χ4v) is 2.47. The lowest BCUT2D eigenvalue weighted by atomic mass is 10.1. The largest absolute Gasteiger partial charge is 0.493 e. The quantitative estimate of drug-likeness (QED) is 0.367. The van der Waals surface area contributed by atoms with E-state index in [1.54, 1.807) is 18.2 Å². The molecule has 8 nitrogen and oxygen atoms in total. The molecule has 0 aliphatic carbocycles. The van der Waals surface area contributed by atoms with Crippen LogP contribution in [0.25, 0.3) is 0 Å². The summed E-state index contributed by atoms with van der Waals surface area (Å²) in [5, 5.41) is 0. The van der Waals surface area contributed by atoms with Crippen LogP contribution in [0, 0.1) is 0 Å². The molecule has 0 aliphatic heterocycles. The first kappa shape index (κ1) is 20.9. The number of esters is 1. The van der Waals surface area contributed by atoms with E-state index < -0.39 is 5.97 Å². The topological polar surface area (TPSA) is 89.5 Å². The zero-order valence-electron chi connectivity index (χ0n) is 16.4. The SMILES string of the molecule is COc1cccc(OC)c1OCC(=O)c1cc(OC)c(OC(C)=O)c(OC)c1. The number of hydrogen-bond donors (Lipinski definition) is 0. The fourth-order valence-electron chi connectivity index (χ4n) is 2.47. The molecule has 0 spiro atoms. The Labute approximate surface area is 162 Å². The summed E-state index contributed by atoms with van der Waals surface area (Å²) in [5.74, 6) is 0.777. The number of hydrogen-bond acceptors (Lipinski definition) is 8. The predicted octanol–water partition coefficient (Wildman–Crippen LogP) is 2.91. The average molecular weight is 390 g/mol. The van der Waals surface area contributed by atoms with E-state index >= 15 is 0 Å². The normalized spacial score (nSPS) is 10.0. The molecule has 2 aromatic carbocycles. The van der Waals surface area contributed by atoms with E-state index in [-0.39, 0.29) is 35.2 Å². The van der Waals surface area contributed by atoms with Gasteiger partial charge in [-0.15, -0.1) is 0 Å². The molecule has 150 valence electrons. The number of para-hydroxylation sites is 1. The van der Waals surface area contributed by atoms with Gasteiger partial charge in [0.15, 0.2) is 35.4 Å². The molecule has 0 saturated carbocycles. The molecule has 0 radical (unpaired) electrons. The van der Waals surface area contributed by atoms with Crippen LogP contribution in [-0.4, -0.2) is 46.8 Å². The summed E-state index contributed by atoms with van der Waals surface area (Å²) in [5.41, 5.74) is 0.262. The van der Waals surface area contributed by atoms with Gasteiger partial charge in [-0.3, -0.25) is 9.59 Å². The van der Waals surface area contributed by atoms with Crippen LogP contribution in [0.5, 0.6) is 34.5 Å². The summed E-state index contributed by atoms with van der Waals surface area (Å²) < 4.78 is 31.7. The van der Waals surface area contributed by atoms with Crippen LogP contribution in [-0.2, 0) is 4.79 Å². The smallest absolute Gasteiger partial charge is 0.308 e. The van der Waals surface area contributed by atoms with Crippen molar-refractivity contribution in [3.05, 3.63) is 35.9 Å². The standard InChI is InChI=1S/C20H22O8/c1-12(21)28-20-17(25-4)9-13(10-18(20)26-5)14(22)11-27-19-15(23-2)7-6-8-16(19)24-3/h6-10H,11H2,1-5H3. The number of ketones is 1. The minimum absolute atomic E-state index is 0.0985. The third kappa shape index (κ3) is 4.64. The Bertz CT molecular complexity index is 812. The molecule has 2 aromatic rings. The maximum Gasteiger partial charge on any atom is 0.308 e. The molecule has 0 fully saturated rings. The van der Waals surface area contributed by atoms with Gasteiger partial charge in [0.2, 0.25) is 11.5 Å². The second-order valence-corrected chi connectivity index (χ2v) is 5.51. The van der Waals surface area contributed by atoms with Crippen molar-refractivity contribution in [3.8, 4) is 34.5 Å². The molecular formula is C20H22O8. The Balaban J connectivity index is 2.29. The number of Topliss-reactive ketones (excluding diaryl/α,β-unsaturated/α-hetero) is 1. The van der Waals surface area contributed by atoms with E-state index in [0.717, 1.165) is 0 Å². The van der Waals surface area contributed by atoms with E-state index in [1.165, 1.54) is 47.5 Å². The third-order valence-corrected chi connectivity index (χ3v) is 3.76. The van der Waals surface area contributed by atoms with E-state index in [1.807, 2.05) is 0 Å². The second kappa shape index (κ2) is 9.50. The first-order chi connectivity index (χ1) is 13.4. The highest BCUT2D eigenvalue weighted by atomic mass is 16.6. The van der Waals surface area contributed by atoms with Gasteiger partial charge in [0, 0.05) is 12.5 Å². The van der Waals surface area contributed by atoms with Crippen molar-refractivity contribution >= 4 is 11.8 Å². The first-order valence-electron chi connectivity index (χ1n) is 8.26. The number of methoxy groups -OCH3 is 4. The summed E-state index contributed by atoms with van der Waals surface area (Å²) in [6.45, 7) is 0.975. The molecule has 0 atom stereocenters. The molecule has 0 bridgehead atoms. The van der Waals surface area contributed by atoms with Crippen molar-refractivity contribution in [3.63, 3.8) is 0 Å². The molecule has 0 aromatic heterocycles. The van der Waals surface area contributed by atoms with E-state index in [9.17, 15) is 9.59 Å². The Morgan fingerprint density at radius 2 is 1.29 bits per heavy atom. The second-order valence-electron chi connectivity index (χ2n) is 5.51. The molecule has 0 amide bonds.